The van der Waals surface area contributed by atoms with Gasteiger partial charge in [0.25, 0.3) is 0 Å². The summed E-state index contributed by atoms with van der Waals surface area (Å²) >= 11 is 0. The first-order chi connectivity index (χ1) is 11.4. The molecule has 0 aliphatic carbocycles. The van der Waals surface area contributed by atoms with Crippen molar-refractivity contribution in [3.8, 4) is 0 Å². The highest BCUT2D eigenvalue weighted by Gasteiger charge is 2.19. The molecule has 24 heavy (non-hydrogen) atoms. The molecule has 0 aliphatic rings. The van der Waals surface area contributed by atoms with Crippen LogP contribution in [0.15, 0.2) is 54.6 Å². The summed E-state index contributed by atoms with van der Waals surface area (Å²) in [6, 6.07) is 17.3. The fraction of sp³-hybridized carbons (Fsp3) is 0.300. The van der Waals surface area contributed by atoms with Crippen molar-refractivity contribution >= 4 is 17.5 Å². The molecule has 0 heterocycles. The monoisotopic (exact) mass is 324 g/mol. The molecule has 4 nitrogen and oxygen atoms in total. The van der Waals surface area contributed by atoms with Gasteiger partial charge in [-0.05, 0) is 22.6 Å². The first kappa shape index (κ1) is 17.7. The van der Waals surface area contributed by atoms with Gasteiger partial charge in [0.15, 0.2) is 0 Å². The zero-order valence-electron chi connectivity index (χ0n) is 14.4. The molecule has 0 aromatic heterocycles. The summed E-state index contributed by atoms with van der Waals surface area (Å²) in [4.78, 5) is 24.1. The number of amides is 2. The van der Waals surface area contributed by atoms with Crippen LogP contribution in [0.5, 0.6) is 0 Å². The number of hydrogen-bond donors (Lipinski definition) is 2. The molecule has 0 saturated carbocycles. The van der Waals surface area contributed by atoms with Crippen LogP contribution < -0.4 is 10.6 Å². The number of nitrogens with one attached hydrogen (secondary N) is 2. The highest BCUT2D eigenvalue weighted by molar-refractivity contribution is 6.03. The van der Waals surface area contributed by atoms with Gasteiger partial charge in [0.1, 0.15) is 6.42 Å². The Kier molecular flexibility index (Phi) is 5.74. The highest BCUT2D eigenvalue weighted by atomic mass is 16.2. The van der Waals surface area contributed by atoms with Gasteiger partial charge in [0.05, 0.1) is 0 Å². The van der Waals surface area contributed by atoms with Crippen LogP contribution in [-0.2, 0) is 21.5 Å². The molecular formula is C20H24N2O2. The van der Waals surface area contributed by atoms with Gasteiger partial charge in [-0.15, -0.1) is 0 Å². The normalized spacial score (nSPS) is 11.0. The predicted molar refractivity (Wildman–Crippen MR) is 96.7 cm³/mol. The molecule has 0 spiro atoms. The van der Waals surface area contributed by atoms with Crippen LogP contribution in [0.4, 0.5) is 5.69 Å². The van der Waals surface area contributed by atoms with Crippen molar-refractivity contribution in [1.82, 2.24) is 5.32 Å². The molecule has 0 aliphatic heterocycles. The van der Waals surface area contributed by atoms with Crippen molar-refractivity contribution in [1.29, 1.82) is 0 Å². The standard InChI is InChI=1S/C20H24N2O2/c1-20(2,3)16-11-7-8-12-17(16)22-19(24)13-18(23)21-14-15-9-5-4-6-10-15/h4-12H,13-14H2,1-3H3,(H,21,23)(H,22,24). The van der Waals surface area contributed by atoms with Crippen molar-refractivity contribution in [2.45, 2.75) is 39.2 Å². The van der Waals surface area contributed by atoms with E-state index in [2.05, 4.69) is 31.4 Å². The van der Waals surface area contributed by atoms with Crippen molar-refractivity contribution < 1.29 is 9.59 Å². The van der Waals surface area contributed by atoms with Gasteiger partial charge in [-0.2, -0.15) is 0 Å². The number of carbonyl (C=O) groups excluding carboxylic acids is 2. The molecule has 2 aromatic rings. The molecule has 0 saturated heterocycles. The zero-order chi connectivity index (χ0) is 17.6. The third-order valence-electron chi connectivity index (χ3n) is 3.66. The molecule has 0 fully saturated rings. The van der Waals surface area contributed by atoms with Gasteiger partial charge in [0, 0.05) is 12.2 Å². The van der Waals surface area contributed by atoms with Gasteiger partial charge in [-0.25, -0.2) is 0 Å². The van der Waals surface area contributed by atoms with E-state index < -0.39 is 0 Å². The van der Waals surface area contributed by atoms with E-state index in [0.29, 0.717) is 6.54 Å². The average molecular weight is 324 g/mol. The quantitative estimate of drug-likeness (QED) is 0.825. The molecule has 0 atom stereocenters. The number of rotatable bonds is 5. The van der Waals surface area contributed by atoms with E-state index in [1.54, 1.807) is 0 Å². The Hall–Kier alpha value is -2.62. The summed E-state index contributed by atoms with van der Waals surface area (Å²) in [6.07, 6.45) is -0.189. The third kappa shape index (κ3) is 5.23. The van der Waals surface area contributed by atoms with Crippen molar-refractivity contribution in [3.05, 3.63) is 65.7 Å². The van der Waals surface area contributed by atoms with Crippen LogP contribution in [-0.4, -0.2) is 11.8 Å². The lowest BCUT2D eigenvalue weighted by atomic mass is 9.86. The van der Waals surface area contributed by atoms with E-state index in [1.165, 1.54) is 0 Å². The van der Waals surface area contributed by atoms with Crippen LogP contribution in [0.3, 0.4) is 0 Å². The summed E-state index contributed by atoms with van der Waals surface area (Å²) in [5, 5.41) is 5.61. The maximum atomic E-state index is 12.1. The summed E-state index contributed by atoms with van der Waals surface area (Å²) in [5.74, 6) is -0.596. The molecular weight excluding hydrogens is 300 g/mol. The first-order valence-electron chi connectivity index (χ1n) is 8.06. The summed E-state index contributed by atoms with van der Waals surface area (Å²) in [7, 11) is 0. The second kappa shape index (κ2) is 7.77. The highest BCUT2D eigenvalue weighted by Crippen LogP contribution is 2.29. The number of anilines is 1. The molecule has 126 valence electrons. The second-order valence-corrected chi connectivity index (χ2v) is 6.78. The Morgan fingerprint density at radius 3 is 2.17 bits per heavy atom. The SMILES string of the molecule is CC(C)(C)c1ccccc1NC(=O)CC(=O)NCc1ccccc1. The Morgan fingerprint density at radius 2 is 1.50 bits per heavy atom. The van der Waals surface area contributed by atoms with E-state index >= 15 is 0 Å². The lowest BCUT2D eigenvalue weighted by molar-refractivity contribution is -0.126. The maximum absolute atomic E-state index is 12.1. The zero-order valence-corrected chi connectivity index (χ0v) is 14.4. The topological polar surface area (TPSA) is 58.2 Å². The maximum Gasteiger partial charge on any atom is 0.233 e. The van der Waals surface area contributed by atoms with Gasteiger partial charge in [0.2, 0.25) is 11.8 Å². The lowest BCUT2D eigenvalue weighted by Crippen LogP contribution is -2.28. The van der Waals surface area contributed by atoms with E-state index in [0.717, 1.165) is 16.8 Å². The number of hydrogen-bond acceptors (Lipinski definition) is 2. The summed E-state index contributed by atoms with van der Waals surface area (Å²) < 4.78 is 0. The van der Waals surface area contributed by atoms with E-state index in [1.807, 2.05) is 54.6 Å². The summed E-state index contributed by atoms with van der Waals surface area (Å²) in [6.45, 7) is 6.69. The van der Waals surface area contributed by atoms with Crippen LogP contribution in [0.1, 0.15) is 38.3 Å². The van der Waals surface area contributed by atoms with Gasteiger partial charge in [-0.1, -0.05) is 69.3 Å². The van der Waals surface area contributed by atoms with Gasteiger partial charge in [-0.3, -0.25) is 9.59 Å². The summed E-state index contributed by atoms with van der Waals surface area (Å²) in [5.41, 5.74) is 2.72. The third-order valence-corrected chi connectivity index (χ3v) is 3.66. The Bertz CT molecular complexity index is 703. The van der Waals surface area contributed by atoms with Crippen molar-refractivity contribution in [2.24, 2.45) is 0 Å². The van der Waals surface area contributed by atoms with Crippen molar-refractivity contribution in [2.75, 3.05) is 5.32 Å². The fourth-order valence-corrected chi connectivity index (χ4v) is 2.45. The second-order valence-electron chi connectivity index (χ2n) is 6.78. The molecule has 4 heteroatoms. The average Bonchev–Trinajstić information content (AvgIpc) is 2.53. The fourth-order valence-electron chi connectivity index (χ4n) is 2.45. The Labute approximate surface area is 143 Å². The van der Waals surface area contributed by atoms with Crippen molar-refractivity contribution in [3.63, 3.8) is 0 Å². The molecule has 2 amide bonds. The minimum Gasteiger partial charge on any atom is -0.352 e. The first-order valence-corrected chi connectivity index (χ1v) is 8.06. The molecule has 2 aromatic carbocycles. The Morgan fingerprint density at radius 1 is 0.875 bits per heavy atom. The van der Waals surface area contributed by atoms with Crippen LogP contribution >= 0.6 is 0 Å². The molecule has 0 bridgehead atoms. The molecule has 0 radical (unpaired) electrons. The molecule has 0 unspecified atom stereocenters. The molecule has 2 N–H and O–H groups in total. The molecule has 2 rings (SSSR count). The van der Waals surface area contributed by atoms with Crippen LogP contribution in [0, 0.1) is 0 Å². The smallest absolute Gasteiger partial charge is 0.233 e. The number of carbonyl (C=O) groups is 2. The van der Waals surface area contributed by atoms with Crippen LogP contribution in [0.25, 0.3) is 0 Å². The number of benzene rings is 2. The minimum atomic E-state index is -0.308. The van der Waals surface area contributed by atoms with Crippen LogP contribution in [0.2, 0.25) is 0 Å². The largest absolute Gasteiger partial charge is 0.352 e. The van der Waals surface area contributed by atoms with Gasteiger partial charge < -0.3 is 10.6 Å². The van der Waals surface area contributed by atoms with E-state index in [4.69, 9.17) is 0 Å². The Balaban J connectivity index is 1.90. The van der Waals surface area contributed by atoms with E-state index in [-0.39, 0.29) is 23.7 Å². The minimum absolute atomic E-state index is 0.0839. The number of para-hydroxylation sites is 1. The predicted octanol–water partition coefficient (Wildman–Crippen LogP) is 3.63. The lowest BCUT2D eigenvalue weighted by Gasteiger charge is -2.22. The van der Waals surface area contributed by atoms with E-state index in [9.17, 15) is 9.59 Å². The van der Waals surface area contributed by atoms with Gasteiger partial charge >= 0.3 is 0 Å².